The van der Waals surface area contributed by atoms with E-state index in [-0.39, 0.29) is 5.96 Å². The molecule has 1 heterocycles. The Balaban J connectivity index is 2.38. The summed E-state index contributed by atoms with van der Waals surface area (Å²) in [4.78, 5) is 16.2. The van der Waals surface area contributed by atoms with Gasteiger partial charge in [0.2, 0.25) is 0 Å². The zero-order valence-corrected chi connectivity index (χ0v) is 12.2. The average Bonchev–Trinajstić information content (AvgIpc) is 2.81. The number of nitrogens with two attached hydrogens (primary N) is 2. The monoisotopic (exact) mass is 292 g/mol. The van der Waals surface area contributed by atoms with Gasteiger partial charge in [-0.3, -0.25) is 4.79 Å². The fourth-order valence-electron chi connectivity index (χ4n) is 2.71. The largest absolute Gasteiger partial charge is 0.370 e. The number of aryl methyl sites for hydroxylation is 1. The molecule has 0 fully saturated rings. The van der Waals surface area contributed by atoms with Crippen molar-refractivity contribution >= 4 is 22.8 Å². The topological polar surface area (TPSA) is 86.4 Å². The normalized spacial score (nSPS) is 10.6. The van der Waals surface area contributed by atoms with Crippen LogP contribution in [-0.4, -0.2) is 16.4 Å². The predicted molar refractivity (Wildman–Crippen MR) is 88.5 cm³/mol. The standard InChI is InChI=1S/C17H16N4O/c1-21-13-10-6-5-9-12(13)14(11-7-3-2-4-8-11)15(21)16(22)20-17(18)19/h2-10H,1H3,(H4,18,19,20,22). The van der Waals surface area contributed by atoms with Gasteiger partial charge < -0.3 is 16.0 Å². The highest BCUT2D eigenvalue weighted by Gasteiger charge is 2.21. The molecule has 5 heteroatoms. The molecule has 0 atom stereocenters. The molecule has 0 radical (unpaired) electrons. The fraction of sp³-hybridized carbons (Fsp3) is 0.0588. The van der Waals surface area contributed by atoms with Crippen molar-refractivity contribution in [2.45, 2.75) is 0 Å². The van der Waals surface area contributed by atoms with Crippen molar-refractivity contribution in [2.24, 2.45) is 23.5 Å². The van der Waals surface area contributed by atoms with Crippen LogP contribution in [0.3, 0.4) is 0 Å². The lowest BCUT2D eigenvalue weighted by Gasteiger charge is -2.05. The molecule has 0 aliphatic heterocycles. The van der Waals surface area contributed by atoms with Crippen LogP contribution >= 0.6 is 0 Å². The summed E-state index contributed by atoms with van der Waals surface area (Å²) in [5.41, 5.74) is 13.9. The lowest BCUT2D eigenvalue weighted by molar-refractivity contribution is 0.0996. The summed E-state index contributed by atoms with van der Waals surface area (Å²) in [5.74, 6) is -0.688. The van der Waals surface area contributed by atoms with Crippen LogP contribution in [-0.2, 0) is 7.05 Å². The second-order valence-corrected chi connectivity index (χ2v) is 5.01. The molecule has 1 amide bonds. The van der Waals surface area contributed by atoms with Crippen molar-refractivity contribution in [3.05, 3.63) is 60.3 Å². The van der Waals surface area contributed by atoms with Gasteiger partial charge in [-0.2, -0.15) is 4.99 Å². The Hall–Kier alpha value is -3.08. The van der Waals surface area contributed by atoms with Gasteiger partial charge >= 0.3 is 0 Å². The molecule has 1 aromatic heterocycles. The first-order valence-electron chi connectivity index (χ1n) is 6.86. The van der Waals surface area contributed by atoms with Crippen LogP contribution in [0.25, 0.3) is 22.0 Å². The second-order valence-electron chi connectivity index (χ2n) is 5.01. The molecule has 0 bridgehead atoms. The van der Waals surface area contributed by atoms with Gasteiger partial charge in [-0.15, -0.1) is 0 Å². The van der Waals surface area contributed by atoms with Crippen molar-refractivity contribution in [2.75, 3.05) is 0 Å². The number of fused-ring (bicyclic) bond motifs is 1. The summed E-state index contributed by atoms with van der Waals surface area (Å²) in [6.45, 7) is 0. The zero-order valence-electron chi connectivity index (χ0n) is 12.2. The van der Waals surface area contributed by atoms with Crippen LogP contribution in [0.15, 0.2) is 59.6 Å². The van der Waals surface area contributed by atoms with E-state index in [1.54, 1.807) is 0 Å². The molecule has 3 rings (SSSR count). The van der Waals surface area contributed by atoms with E-state index in [4.69, 9.17) is 11.5 Å². The maximum atomic E-state index is 12.5. The van der Waals surface area contributed by atoms with Crippen LogP contribution in [0.2, 0.25) is 0 Å². The Kier molecular flexibility index (Phi) is 3.39. The van der Waals surface area contributed by atoms with Gasteiger partial charge in [-0.25, -0.2) is 0 Å². The van der Waals surface area contributed by atoms with E-state index in [1.165, 1.54) is 0 Å². The number of nitrogens with zero attached hydrogens (tertiary/aromatic N) is 2. The summed E-state index contributed by atoms with van der Waals surface area (Å²) >= 11 is 0. The summed E-state index contributed by atoms with van der Waals surface area (Å²) in [7, 11) is 1.84. The third-order valence-electron chi connectivity index (χ3n) is 3.60. The number of benzene rings is 2. The molecule has 0 spiro atoms. The number of hydrogen-bond donors (Lipinski definition) is 2. The minimum atomic E-state index is -0.447. The molecule has 0 saturated carbocycles. The van der Waals surface area contributed by atoms with E-state index in [1.807, 2.05) is 66.2 Å². The third kappa shape index (κ3) is 2.22. The summed E-state index contributed by atoms with van der Waals surface area (Å²) in [6, 6.07) is 17.6. The first kappa shape index (κ1) is 13.9. The van der Waals surface area contributed by atoms with Crippen LogP contribution in [0, 0.1) is 0 Å². The van der Waals surface area contributed by atoms with Crippen LogP contribution in [0.5, 0.6) is 0 Å². The minimum Gasteiger partial charge on any atom is -0.370 e. The highest BCUT2D eigenvalue weighted by Crippen LogP contribution is 2.34. The molecule has 0 unspecified atom stereocenters. The molecule has 4 N–H and O–H groups in total. The summed E-state index contributed by atoms with van der Waals surface area (Å²) in [5, 5.41) is 0.991. The van der Waals surface area contributed by atoms with Gasteiger partial charge in [0.05, 0.1) is 0 Å². The average molecular weight is 292 g/mol. The van der Waals surface area contributed by atoms with E-state index in [0.717, 1.165) is 22.0 Å². The number of aromatic nitrogens is 1. The summed E-state index contributed by atoms with van der Waals surface area (Å²) in [6.07, 6.45) is 0. The molecular weight excluding hydrogens is 276 g/mol. The SMILES string of the molecule is Cn1c(C(=O)N=C(N)N)c(-c2ccccc2)c2ccccc21. The molecule has 110 valence electrons. The van der Waals surface area contributed by atoms with Gasteiger partial charge in [0.15, 0.2) is 5.96 Å². The molecule has 0 saturated heterocycles. The Morgan fingerprint density at radius 2 is 1.64 bits per heavy atom. The number of rotatable bonds is 2. The van der Waals surface area contributed by atoms with E-state index in [2.05, 4.69) is 4.99 Å². The molecule has 5 nitrogen and oxygen atoms in total. The number of hydrogen-bond acceptors (Lipinski definition) is 1. The zero-order chi connectivity index (χ0) is 15.7. The van der Waals surface area contributed by atoms with Crippen molar-refractivity contribution in [3.63, 3.8) is 0 Å². The van der Waals surface area contributed by atoms with Gasteiger partial charge in [-0.05, 0) is 11.6 Å². The van der Waals surface area contributed by atoms with E-state index in [9.17, 15) is 4.79 Å². The fourth-order valence-corrected chi connectivity index (χ4v) is 2.71. The van der Waals surface area contributed by atoms with Crippen molar-refractivity contribution in [1.82, 2.24) is 4.57 Å². The third-order valence-corrected chi connectivity index (χ3v) is 3.60. The van der Waals surface area contributed by atoms with Gasteiger partial charge in [-0.1, -0.05) is 48.5 Å². The van der Waals surface area contributed by atoms with Crippen LogP contribution in [0.1, 0.15) is 10.5 Å². The molecule has 22 heavy (non-hydrogen) atoms. The number of carbonyl (C=O) groups excluding carboxylic acids is 1. The van der Waals surface area contributed by atoms with Crippen molar-refractivity contribution in [3.8, 4) is 11.1 Å². The highest BCUT2D eigenvalue weighted by molar-refractivity contribution is 6.12. The predicted octanol–water partition coefficient (Wildman–Crippen LogP) is 2.26. The van der Waals surface area contributed by atoms with Gasteiger partial charge in [0.25, 0.3) is 5.91 Å². The van der Waals surface area contributed by atoms with Gasteiger partial charge in [0, 0.05) is 23.5 Å². The number of aliphatic imine (C=N–C) groups is 1. The number of guanidine groups is 1. The Morgan fingerprint density at radius 1 is 1.00 bits per heavy atom. The smallest absolute Gasteiger partial charge is 0.297 e. The molecule has 0 aliphatic carbocycles. The second kappa shape index (κ2) is 5.37. The molecule has 0 aliphatic rings. The van der Waals surface area contributed by atoms with Crippen molar-refractivity contribution in [1.29, 1.82) is 0 Å². The maximum Gasteiger partial charge on any atom is 0.297 e. The lowest BCUT2D eigenvalue weighted by Crippen LogP contribution is -2.24. The molecular formula is C17H16N4O. The number of amides is 1. The first-order chi connectivity index (χ1) is 10.6. The Labute approximate surface area is 127 Å². The van der Waals surface area contributed by atoms with Crippen molar-refractivity contribution < 1.29 is 4.79 Å². The highest BCUT2D eigenvalue weighted by atomic mass is 16.1. The number of carbonyl (C=O) groups is 1. The Morgan fingerprint density at radius 3 is 2.32 bits per heavy atom. The minimum absolute atomic E-state index is 0.241. The van der Waals surface area contributed by atoms with Crippen LogP contribution in [0.4, 0.5) is 0 Å². The summed E-state index contributed by atoms with van der Waals surface area (Å²) < 4.78 is 1.83. The maximum absolute atomic E-state index is 12.5. The van der Waals surface area contributed by atoms with E-state index in [0.29, 0.717) is 5.69 Å². The van der Waals surface area contributed by atoms with Gasteiger partial charge in [0.1, 0.15) is 5.69 Å². The molecule has 2 aromatic carbocycles. The molecule has 3 aromatic rings. The quantitative estimate of drug-likeness (QED) is 0.561. The van der Waals surface area contributed by atoms with E-state index < -0.39 is 5.91 Å². The van der Waals surface area contributed by atoms with E-state index >= 15 is 0 Å². The number of para-hydroxylation sites is 1. The first-order valence-corrected chi connectivity index (χ1v) is 6.86. The lowest BCUT2D eigenvalue weighted by atomic mass is 10.0. The Bertz CT molecular complexity index is 874. The van der Waals surface area contributed by atoms with Crippen LogP contribution < -0.4 is 11.5 Å².